The summed E-state index contributed by atoms with van der Waals surface area (Å²) in [5.41, 5.74) is 7.38. The number of aryl methyl sites for hydroxylation is 2. The molecule has 0 aliphatic rings. The van der Waals surface area contributed by atoms with Gasteiger partial charge in [0.05, 0.1) is 12.8 Å². The van der Waals surface area contributed by atoms with Gasteiger partial charge in [0.15, 0.2) is 0 Å². The highest BCUT2D eigenvalue weighted by molar-refractivity contribution is 6.03. The van der Waals surface area contributed by atoms with E-state index in [4.69, 9.17) is 4.74 Å². The molecule has 162 valence electrons. The van der Waals surface area contributed by atoms with Crippen LogP contribution in [0.15, 0.2) is 77.9 Å². The summed E-state index contributed by atoms with van der Waals surface area (Å²) >= 11 is 0. The van der Waals surface area contributed by atoms with Gasteiger partial charge in [0.25, 0.3) is 5.91 Å². The lowest BCUT2D eigenvalue weighted by molar-refractivity contribution is 0.0955. The number of hydrogen-bond donors (Lipinski definition) is 1. The molecule has 0 spiro atoms. The van der Waals surface area contributed by atoms with E-state index in [0.29, 0.717) is 12.2 Å². The number of ether oxygens (including phenoxy) is 1. The number of fused-ring (bicyclic) bond motifs is 1. The van der Waals surface area contributed by atoms with Crippen LogP contribution in [0.5, 0.6) is 5.75 Å². The monoisotopic (exact) mass is 425 g/mol. The standard InChI is InChI=1S/C27H27N3O2/c1-4-17-32-26-16-13-21-7-5-6-8-24(21)25(26)18-28-29-27(31)22-11-14-23(15-12-22)30-19(2)9-10-20(30)3/h5-16,18H,4,17H2,1-3H3,(H,29,31)/b28-18-. The van der Waals surface area contributed by atoms with Crippen LogP contribution in [0.1, 0.15) is 40.7 Å². The third kappa shape index (κ3) is 4.42. The van der Waals surface area contributed by atoms with E-state index in [1.54, 1.807) is 6.21 Å². The Morgan fingerprint density at radius 1 is 0.969 bits per heavy atom. The molecular formula is C27H27N3O2. The van der Waals surface area contributed by atoms with Crippen molar-refractivity contribution in [3.05, 3.63) is 95.3 Å². The van der Waals surface area contributed by atoms with Gasteiger partial charge in [0.2, 0.25) is 0 Å². The van der Waals surface area contributed by atoms with Crippen LogP contribution in [0.4, 0.5) is 0 Å². The molecular weight excluding hydrogens is 398 g/mol. The second-order valence-electron chi connectivity index (χ2n) is 7.74. The van der Waals surface area contributed by atoms with E-state index in [0.717, 1.165) is 45.6 Å². The van der Waals surface area contributed by atoms with Crippen LogP contribution in [0.25, 0.3) is 16.5 Å². The number of benzene rings is 3. The number of amides is 1. The molecule has 0 atom stereocenters. The Balaban J connectivity index is 1.53. The largest absolute Gasteiger partial charge is 0.493 e. The van der Waals surface area contributed by atoms with E-state index in [1.807, 2.05) is 60.7 Å². The number of carbonyl (C=O) groups is 1. The Morgan fingerprint density at radius 2 is 1.69 bits per heavy atom. The second kappa shape index (κ2) is 9.52. The maximum absolute atomic E-state index is 12.6. The summed E-state index contributed by atoms with van der Waals surface area (Å²) < 4.78 is 8.05. The van der Waals surface area contributed by atoms with Gasteiger partial charge < -0.3 is 9.30 Å². The fourth-order valence-corrected chi connectivity index (χ4v) is 3.80. The van der Waals surface area contributed by atoms with Gasteiger partial charge in [0.1, 0.15) is 5.75 Å². The number of nitrogens with zero attached hydrogens (tertiary/aromatic N) is 2. The van der Waals surface area contributed by atoms with Crippen molar-refractivity contribution < 1.29 is 9.53 Å². The fourth-order valence-electron chi connectivity index (χ4n) is 3.80. The van der Waals surface area contributed by atoms with Crippen LogP contribution in [0, 0.1) is 13.8 Å². The van der Waals surface area contributed by atoms with Gasteiger partial charge in [-0.25, -0.2) is 5.43 Å². The molecule has 4 rings (SSSR count). The lowest BCUT2D eigenvalue weighted by Gasteiger charge is -2.11. The Hall–Kier alpha value is -3.86. The van der Waals surface area contributed by atoms with Crippen molar-refractivity contribution >= 4 is 22.9 Å². The predicted octanol–water partition coefficient (Wildman–Crippen LogP) is 5.80. The summed E-state index contributed by atoms with van der Waals surface area (Å²) in [6.07, 6.45) is 2.57. The fraction of sp³-hybridized carbons (Fsp3) is 0.185. The summed E-state index contributed by atoms with van der Waals surface area (Å²) in [5.74, 6) is 0.496. The highest BCUT2D eigenvalue weighted by atomic mass is 16.5. The van der Waals surface area contributed by atoms with Crippen molar-refractivity contribution in [3.63, 3.8) is 0 Å². The van der Waals surface area contributed by atoms with Gasteiger partial charge in [-0.2, -0.15) is 5.10 Å². The summed E-state index contributed by atoms with van der Waals surface area (Å²) in [4.78, 5) is 12.6. The molecule has 0 unspecified atom stereocenters. The van der Waals surface area contributed by atoms with Crippen molar-refractivity contribution in [2.75, 3.05) is 6.61 Å². The van der Waals surface area contributed by atoms with Crippen molar-refractivity contribution in [1.82, 2.24) is 9.99 Å². The Bertz CT molecular complexity index is 1250. The van der Waals surface area contributed by atoms with Gasteiger partial charge in [-0.15, -0.1) is 0 Å². The minimum atomic E-state index is -0.259. The van der Waals surface area contributed by atoms with E-state index < -0.39 is 0 Å². The SMILES string of the molecule is CCCOc1ccc2ccccc2c1/C=N\NC(=O)c1ccc(-n2c(C)ccc2C)cc1. The van der Waals surface area contributed by atoms with Crippen LogP contribution in [-0.4, -0.2) is 23.3 Å². The first kappa shape index (κ1) is 21.4. The third-order valence-corrected chi connectivity index (χ3v) is 5.41. The molecule has 0 radical (unpaired) electrons. The minimum Gasteiger partial charge on any atom is -0.493 e. The molecule has 1 N–H and O–H groups in total. The maximum atomic E-state index is 12.6. The summed E-state index contributed by atoms with van der Waals surface area (Å²) in [6.45, 7) is 6.82. The molecule has 5 nitrogen and oxygen atoms in total. The summed E-state index contributed by atoms with van der Waals surface area (Å²) in [7, 11) is 0. The van der Waals surface area contributed by atoms with Crippen molar-refractivity contribution in [1.29, 1.82) is 0 Å². The Morgan fingerprint density at radius 3 is 2.41 bits per heavy atom. The normalized spacial score (nSPS) is 11.2. The van der Waals surface area contributed by atoms with Crippen molar-refractivity contribution in [2.45, 2.75) is 27.2 Å². The zero-order valence-electron chi connectivity index (χ0n) is 18.6. The number of nitrogens with one attached hydrogen (secondary N) is 1. The first-order valence-corrected chi connectivity index (χ1v) is 10.8. The van der Waals surface area contributed by atoms with E-state index in [9.17, 15) is 4.79 Å². The lowest BCUT2D eigenvalue weighted by Crippen LogP contribution is -2.17. The molecule has 1 heterocycles. The van der Waals surface area contributed by atoms with Gasteiger partial charge in [0, 0.05) is 28.2 Å². The maximum Gasteiger partial charge on any atom is 0.271 e. The topological polar surface area (TPSA) is 55.6 Å². The molecule has 0 aliphatic heterocycles. The minimum absolute atomic E-state index is 0.259. The van der Waals surface area contributed by atoms with E-state index in [1.165, 1.54) is 0 Å². The zero-order valence-corrected chi connectivity index (χ0v) is 18.6. The molecule has 5 heteroatoms. The van der Waals surface area contributed by atoms with E-state index in [2.05, 4.69) is 48.0 Å². The second-order valence-corrected chi connectivity index (χ2v) is 7.74. The van der Waals surface area contributed by atoms with Crippen molar-refractivity contribution in [2.24, 2.45) is 5.10 Å². The first-order valence-electron chi connectivity index (χ1n) is 10.8. The summed E-state index contributed by atoms with van der Waals surface area (Å²) in [5, 5.41) is 6.35. The molecule has 3 aromatic carbocycles. The van der Waals surface area contributed by atoms with Gasteiger partial charge in [-0.05, 0) is 73.5 Å². The highest BCUT2D eigenvalue weighted by Gasteiger charge is 2.09. The average molecular weight is 426 g/mol. The van der Waals surface area contributed by atoms with Crippen LogP contribution in [-0.2, 0) is 0 Å². The van der Waals surface area contributed by atoms with Gasteiger partial charge >= 0.3 is 0 Å². The quantitative estimate of drug-likeness (QED) is 0.300. The number of hydrazone groups is 1. The molecule has 1 amide bonds. The molecule has 32 heavy (non-hydrogen) atoms. The van der Waals surface area contributed by atoms with Crippen LogP contribution >= 0.6 is 0 Å². The third-order valence-electron chi connectivity index (χ3n) is 5.41. The molecule has 0 bridgehead atoms. The number of carbonyl (C=O) groups excluding carboxylic acids is 1. The van der Waals surface area contributed by atoms with Crippen LogP contribution in [0.2, 0.25) is 0 Å². The predicted molar refractivity (Wildman–Crippen MR) is 130 cm³/mol. The van der Waals surface area contributed by atoms with Crippen molar-refractivity contribution in [3.8, 4) is 11.4 Å². The molecule has 4 aromatic rings. The molecule has 0 saturated heterocycles. The first-order chi connectivity index (χ1) is 15.6. The van der Waals surface area contributed by atoms with E-state index >= 15 is 0 Å². The average Bonchev–Trinajstić information content (AvgIpc) is 3.16. The Labute approximate surface area is 188 Å². The lowest BCUT2D eigenvalue weighted by atomic mass is 10.0. The highest BCUT2D eigenvalue weighted by Crippen LogP contribution is 2.27. The van der Waals surface area contributed by atoms with Gasteiger partial charge in [-0.3, -0.25) is 4.79 Å². The van der Waals surface area contributed by atoms with E-state index in [-0.39, 0.29) is 5.91 Å². The number of rotatable bonds is 7. The number of aromatic nitrogens is 1. The van der Waals surface area contributed by atoms with Crippen LogP contribution < -0.4 is 10.2 Å². The van der Waals surface area contributed by atoms with Gasteiger partial charge in [-0.1, -0.05) is 37.3 Å². The Kier molecular flexibility index (Phi) is 6.36. The van der Waals surface area contributed by atoms with Crippen LogP contribution in [0.3, 0.4) is 0 Å². The molecule has 0 fully saturated rings. The smallest absolute Gasteiger partial charge is 0.271 e. The summed E-state index contributed by atoms with van der Waals surface area (Å²) in [6, 6.07) is 23.7. The zero-order chi connectivity index (χ0) is 22.5. The molecule has 0 saturated carbocycles. The number of hydrogen-bond acceptors (Lipinski definition) is 3. The molecule has 0 aliphatic carbocycles. The molecule has 1 aromatic heterocycles.